The fourth-order valence-electron chi connectivity index (χ4n) is 4.31. The van der Waals surface area contributed by atoms with Crippen LogP contribution in [0, 0.1) is 6.92 Å². The van der Waals surface area contributed by atoms with Gasteiger partial charge in [0.05, 0.1) is 16.9 Å². The van der Waals surface area contributed by atoms with Gasteiger partial charge in [-0.1, -0.05) is 55.8 Å². The Morgan fingerprint density at radius 2 is 1.90 bits per heavy atom. The Balaban J connectivity index is 2.01. The van der Waals surface area contributed by atoms with Crippen LogP contribution in [0.3, 0.4) is 0 Å². The molecule has 0 amide bonds. The van der Waals surface area contributed by atoms with Crippen LogP contribution in [0.25, 0.3) is 16.9 Å². The van der Waals surface area contributed by atoms with E-state index >= 15 is 0 Å². The van der Waals surface area contributed by atoms with E-state index in [1.165, 1.54) is 5.56 Å². The third-order valence-corrected chi connectivity index (χ3v) is 6.23. The van der Waals surface area contributed by atoms with Crippen molar-refractivity contribution in [2.24, 2.45) is 0 Å². The Morgan fingerprint density at radius 3 is 2.60 bits per heavy atom. The minimum atomic E-state index is -0.274. The third kappa shape index (κ3) is 3.43. The Morgan fingerprint density at radius 1 is 1.17 bits per heavy atom. The molecule has 2 aromatic carbocycles. The summed E-state index contributed by atoms with van der Waals surface area (Å²) in [6.45, 7) is 6.97. The Kier molecular flexibility index (Phi) is 5.48. The van der Waals surface area contributed by atoms with Crippen LogP contribution in [0.2, 0.25) is 0 Å². The minimum absolute atomic E-state index is 0.0193. The van der Waals surface area contributed by atoms with Crippen molar-refractivity contribution in [3.8, 4) is 16.9 Å². The van der Waals surface area contributed by atoms with E-state index in [1.807, 2.05) is 43.3 Å². The van der Waals surface area contributed by atoms with Gasteiger partial charge >= 0.3 is 0 Å². The van der Waals surface area contributed by atoms with Crippen LogP contribution in [-0.2, 0) is 11.8 Å². The van der Waals surface area contributed by atoms with E-state index in [-0.39, 0.29) is 17.6 Å². The molecule has 1 aromatic heterocycles. The molecule has 1 aliphatic carbocycles. The number of fused-ring (bicyclic) bond motifs is 3. The summed E-state index contributed by atoms with van der Waals surface area (Å²) in [5.41, 5.74) is 5.48. The molecule has 5 nitrogen and oxygen atoms in total. The molecule has 1 heterocycles. The van der Waals surface area contributed by atoms with Crippen molar-refractivity contribution >= 4 is 5.95 Å². The molecule has 0 bridgehead atoms. The number of anilines is 1. The van der Waals surface area contributed by atoms with Gasteiger partial charge in [0.15, 0.2) is 0 Å². The van der Waals surface area contributed by atoms with E-state index in [0.29, 0.717) is 18.9 Å². The molecule has 30 heavy (non-hydrogen) atoms. The number of hydrogen-bond donors (Lipinski definition) is 2. The minimum Gasteiger partial charge on any atom is -0.396 e. The second-order valence-corrected chi connectivity index (χ2v) is 8.39. The van der Waals surface area contributed by atoms with Crippen molar-refractivity contribution in [3.05, 3.63) is 75.6 Å². The summed E-state index contributed by atoms with van der Waals surface area (Å²) >= 11 is 0. The van der Waals surface area contributed by atoms with Crippen molar-refractivity contribution in [1.29, 1.82) is 0 Å². The zero-order chi connectivity index (χ0) is 21.3. The molecule has 1 unspecified atom stereocenters. The highest BCUT2D eigenvalue weighted by molar-refractivity contribution is 5.73. The number of aliphatic hydroxyl groups is 1. The van der Waals surface area contributed by atoms with Gasteiger partial charge in [0.25, 0.3) is 5.56 Å². The first-order valence-electron chi connectivity index (χ1n) is 10.7. The molecule has 2 N–H and O–H groups in total. The largest absolute Gasteiger partial charge is 0.396 e. The zero-order valence-corrected chi connectivity index (χ0v) is 17.9. The van der Waals surface area contributed by atoms with Gasteiger partial charge in [-0.15, -0.1) is 0 Å². The number of nitrogens with zero attached hydrogens (tertiary/aromatic N) is 2. The predicted octanol–water partition coefficient (Wildman–Crippen LogP) is 4.23. The van der Waals surface area contributed by atoms with Gasteiger partial charge in [-0.3, -0.25) is 4.79 Å². The summed E-state index contributed by atoms with van der Waals surface area (Å²) in [6.07, 6.45) is 2.27. The molecule has 1 aliphatic rings. The lowest BCUT2D eigenvalue weighted by molar-refractivity contribution is 0.292. The maximum atomic E-state index is 14.0. The molecule has 1 atom stereocenters. The van der Waals surface area contributed by atoms with E-state index in [0.717, 1.165) is 40.9 Å². The average molecular weight is 404 g/mol. The highest BCUT2D eigenvalue weighted by atomic mass is 16.3. The lowest BCUT2D eigenvalue weighted by Gasteiger charge is -2.36. The molecule has 4 rings (SSSR count). The average Bonchev–Trinajstić information content (AvgIpc) is 2.75. The number of hydrogen-bond acceptors (Lipinski definition) is 4. The fraction of sp³-hybridized carbons (Fsp3) is 0.360. The van der Waals surface area contributed by atoms with E-state index < -0.39 is 0 Å². The Hall–Kier alpha value is -2.92. The third-order valence-electron chi connectivity index (χ3n) is 6.23. The van der Waals surface area contributed by atoms with Crippen molar-refractivity contribution in [1.82, 2.24) is 9.55 Å². The van der Waals surface area contributed by atoms with Crippen LogP contribution < -0.4 is 10.9 Å². The van der Waals surface area contributed by atoms with Crippen LogP contribution in [0.5, 0.6) is 0 Å². The molecule has 0 aliphatic heterocycles. The predicted molar refractivity (Wildman–Crippen MR) is 122 cm³/mol. The van der Waals surface area contributed by atoms with E-state index in [9.17, 15) is 9.90 Å². The number of aromatic nitrogens is 2. The number of aliphatic hydroxyl groups excluding tert-OH is 1. The lowest BCUT2D eigenvalue weighted by atomic mass is 9.69. The second-order valence-electron chi connectivity index (χ2n) is 8.39. The highest BCUT2D eigenvalue weighted by Crippen LogP contribution is 2.42. The van der Waals surface area contributed by atoms with Crippen LogP contribution in [0.15, 0.2) is 53.3 Å². The first kappa shape index (κ1) is 20.4. The molecular formula is C25H29N3O2. The summed E-state index contributed by atoms with van der Waals surface area (Å²) in [6, 6.07) is 16.2. The maximum Gasteiger partial charge on any atom is 0.263 e. The quantitative estimate of drug-likeness (QED) is 0.605. The molecule has 0 saturated carbocycles. The van der Waals surface area contributed by atoms with Gasteiger partial charge in [-0.2, -0.15) is 0 Å². The standard InChI is InChI=1S/C25H29N3O2/c1-4-25(3)16-18-8-5-6-9-20(18)22-21(25)23(30)28(19-12-10-17(2)11-13-19)24(27-22)26-14-7-15-29/h5-6,8-13,29H,4,7,14-16H2,1-3H3,(H,26,27). The second kappa shape index (κ2) is 8.07. The normalized spacial score (nSPS) is 17.3. The van der Waals surface area contributed by atoms with Crippen molar-refractivity contribution < 1.29 is 5.11 Å². The van der Waals surface area contributed by atoms with Crippen LogP contribution in [0.4, 0.5) is 5.95 Å². The fourth-order valence-corrected chi connectivity index (χ4v) is 4.31. The molecule has 5 heteroatoms. The van der Waals surface area contributed by atoms with Gasteiger partial charge in [-0.05, 0) is 43.9 Å². The van der Waals surface area contributed by atoms with Gasteiger partial charge in [-0.25, -0.2) is 9.55 Å². The summed E-state index contributed by atoms with van der Waals surface area (Å²) in [5, 5.41) is 12.5. The molecule has 0 saturated heterocycles. The molecule has 3 aromatic rings. The smallest absolute Gasteiger partial charge is 0.263 e. The van der Waals surface area contributed by atoms with Gasteiger partial charge < -0.3 is 10.4 Å². The van der Waals surface area contributed by atoms with E-state index in [4.69, 9.17) is 4.98 Å². The monoisotopic (exact) mass is 403 g/mol. The molecular weight excluding hydrogens is 374 g/mol. The summed E-state index contributed by atoms with van der Waals surface area (Å²) in [7, 11) is 0. The molecule has 0 spiro atoms. The molecule has 0 radical (unpaired) electrons. The maximum absolute atomic E-state index is 14.0. The topological polar surface area (TPSA) is 67.2 Å². The first-order chi connectivity index (χ1) is 14.5. The zero-order valence-electron chi connectivity index (χ0n) is 17.9. The van der Waals surface area contributed by atoms with Crippen LogP contribution >= 0.6 is 0 Å². The highest BCUT2D eigenvalue weighted by Gasteiger charge is 2.38. The van der Waals surface area contributed by atoms with Crippen molar-refractivity contribution in [2.45, 2.75) is 45.4 Å². The summed E-state index contributed by atoms with van der Waals surface area (Å²) < 4.78 is 1.69. The van der Waals surface area contributed by atoms with E-state index in [1.54, 1.807) is 4.57 Å². The van der Waals surface area contributed by atoms with Crippen LogP contribution in [0.1, 0.15) is 43.4 Å². The lowest BCUT2D eigenvalue weighted by Crippen LogP contribution is -2.39. The van der Waals surface area contributed by atoms with Gasteiger partial charge in [0, 0.05) is 24.1 Å². The van der Waals surface area contributed by atoms with Crippen LogP contribution in [-0.4, -0.2) is 27.8 Å². The summed E-state index contributed by atoms with van der Waals surface area (Å²) in [5.74, 6) is 0.520. The number of aryl methyl sites for hydroxylation is 1. The number of rotatable bonds is 6. The van der Waals surface area contributed by atoms with Gasteiger partial charge in [0.1, 0.15) is 0 Å². The molecule has 0 fully saturated rings. The summed E-state index contributed by atoms with van der Waals surface area (Å²) in [4.78, 5) is 19.0. The van der Waals surface area contributed by atoms with Crippen molar-refractivity contribution in [3.63, 3.8) is 0 Å². The number of nitrogens with one attached hydrogen (secondary N) is 1. The van der Waals surface area contributed by atoms with Gasteiger partial charge in [0.2, 0.25) is 5.95 Å². The Labute approximate surface area is 177 Å². The number of benzene rings is 2. The first-order valence-corrected chi connectivity index (χ1v) is 10.7. The van der Waals surface area contributed by atoms with E-state index in [2.05, 4.69) is 31.3 Å². The van der Waals surface area contributed by atoms with Crippen molar-refractivity contribution in [2.75, 3.05) is 18.5 Å². The molecule has 156 valence electrons. The SMILES string of the molecule is CCC1(C)Cc2ccccc2-c2nc(NCCCO)n(-c3ccc(C)cc3)c(=O)c21. The Bertz CT molecular complexity index is 1120.